The summed E-state index contributed by atoms with van der Waals surface area (Å²) in [6.45, 7) is 7.52. The van der Waals surface area contributed by atoms with Crippen LogP contribution in [0.25, 0.3) is 0 Å². The molecule has 1 saturated heterocycles. The Kier molecular flexibility index (Phi) is 5.59. The molecule has 5 nitrogen and oxygen atoms in total. The maximum atomic E-state index is 11.4. The van der Waals surface area contributed by atoms with Crippen LogP contribution in [0.3, 0.4) is 0 Å². The fraction of sp³-hybridized carbons (Fsp3) is 0.733. The molecule has 1 unspecified atom stereocenters. The van der Waals surface area contributed by atoms with Crippen LogP contribution in [-0.2, 0) is 6.42 Å². The fourth-order valence-electron chi connectivity index (χ4n) is 2.75. The summed E-state index contributed by atoms with van der Waals surface area (Å²) in [5, 5.41) is 3.26. The molecule has 0 aliphatic carbocycles. The van der Waals surface area contributed by atoms with Crippen molar-refractivity contribution < 1.29 is 0 Å². The van der Waals surface area contributed by atoms with Gasteiger partial charge in [-0.15, -0.1) is 0 Å². The van der Waals surface area contributed by atoms with Gasteiger partial charge in [0, 0.05) is 31.6 Å². The second-order valence-electron chi connectivity index (χ2n) is 5.59. The van der Waals surface area contributed by atoms with Crippen molar-refractivity contribution in [2.45, 2.75) is 52.0 Å². The minimum atomic E-state index is -0.0796. The van der Waals surface area contributed by atoms with Crippen LogP contribution in [0.2, 0.25) is 0 Å². The average Bonchev–Trinajstić information content (AvgIpc) is 2.44. The van der Waals surface area contributed by atoms with Crippen LogP contribution < -0.4 is 10.9 Å². The van der Waals surface area contributed by atoms with Gasteiger partial charge in [0.05, 0.1) is 0 Å². The second kappa shape index (κ2) is 7.43. The van der Waals surface area contributed by atoms with E-state index < -0.39 is 0 Å². The molecule has 1 aliphatic rings. The van der Waals surface area contributed by atoms with E-state index in [2.05, 4.69) is 27.1 Å². The van der Waals surface area contributed by atoms with E-state index in [1.54, 1.807) is 0 Å². The zero-order valence-corrected chi connectivity index (χ0v) is 12.6. The summed E-state index contributed by atoms with van der Waals surface area (Å²) in [6, 6.07) is 2.25. The Bertz CT molecular complexity index is 471. The van der Waals surface area contributed by atoms with Gasteiger partial charge in [0.15, 0.2) is 0 Å². The van der Waals surface area contributed by atoms with Crippen molar-refractivity contribution in [2.24, 2.45) is 0 Å². The maximum Gasteiger partial charge on any atom is 0.252 e. The molecule has 1 aromatic heterocycles. The average molecular weight is 278 g/mol. The minimum absolute atomic E-state index is 0.0796. The van der Waals surface area contributed by atoms with Crippen LogP contribution >= 0.6 is 0 Å². The van der Waals surface area contributed by atoms with Crippen molar-refractivity contribution in [3.63, 3.8) is 0 Å². The molecule has 2 rings (SSSR count). The Morgan fingerprint density at radius 1 is 1.50 bits per heavy atom. The van der Waals surface area contributed by atoms with Crippen LogP contribution in [-0.4, -0.2) is 40.5 Å². The lowest BCUT2D eigenvalue weighted by Crippen LogP contribution is -2.38. The molecular formula is C15H26N4O. The Hall–Kier alpha value is -1.36. The molecule has 0 radical (unpaired) electrons. The van der Waals surface area contributed by atoms with E-state index in [4.69, 9.17) is 0 Å². The largest absolute Gasteiger partial charge is 0.370 e. The van der Waals surface area contributed by atoms with Gasteiger partial charge >= 0.3 is 0 Å². The first kappa shape index (κ1) is 15.0. The molecule has 2 N–H and O–H groups in total. The summed E-state index contributed by atoms with van der Waals surface area (Å²) in [6.07, 6.45) is 5.85. The predicted molar refractivity (Wildman–Crippen MR) is 82.2 cm³/mol. The van der Waals surface area contributed by atoms with Crippen LogP contribution in [0.5, 0.6) is 0 Å². The Morgan fingerprint density at radius 3 is 3.10 bits per heavy atom. The first-order valence-corrected chi connectivity index (χ1v) is 7.77. The van der Waals surface area contributed by atoms with E-state index in [9.17, 15) is 4.79 Å². The highest BCUT2D eigenvalue weighted by Gasteiger charge is 2.16. The lowest BCUT2D eigenvalue weighted by atomic mass is 10.0. The number of hydrogen-bond acceptors (Lipinski definition) is 4. The fourth-order valence-corrected chi connectivity index (χ4v) is 2.75. The molecule has 0 bridgehead atoms. The van der Waals surface area contributed by atoms with Crippen LogP contribution in [0.1, 0.15) is 45.4 Å². The van der Waals surface area contributed by atoms with E-state index >= 15 is 0 Å². The topological polar surface area (TPSA) is 61.0 Å². The molecule has 1 aliphatic heterocycles. The van der Waals surface area contributed by atoms with E-state index in [-0.39, 0.29) is 5.56 Å². The Balaban J connectivity index is 1.75. The summed E-state index contributed by atoms with van der Waals surface area (Å²) < 4.78 is 0. The molecule has 112 valence electrons. The molecule has 20 heavy (non-hydrogen) atoms. The minimum Gasteiger partial charge on any atom is -0.370 e. The number of nitrogens with one attached hydrogen (secondary N) is 2. The molecule has 2 heterocycles. The highest BCUT2D eigenvalue weighted by Crippen LogP contribution is 2.16. The van der Waals surface area contributed by atoms with Crippen LogP contribution in [0.4, 0.5) is 5.82 Å². The lowest BCUT2D eigenvalue weighted by Gasteiger charge is -2.33. The van der Waals surface area contributed by atoms with E-state index in [1.165, 1.54) is 31.9 Å². The summed E-state index contributed by atoms with van der Waals surface area (Å²) in [5.41, 5.74) is -0.0796. The van der Waals surface area contributed by atoms with Gasteiger partial charge in [0.2, 0.25) is 0 Å². The molecule has 1 aromatic rings. The van der Waals surface area contributed by atoms with Crippen LogP contribution in [0.15, 0.2) is 10.9 Å². The number of anilines is 1. The van der Waals surface area contributed by atoms with Crippen molar-refractivity contribution in [3.8, 4) is 0 Å². The van der Waals surface area contributed by atoms with E-state index in [1.807, 2.05) is 6.92 Å². The number of hydrogen-bond donors (Lipinski definition) is 2. The van der Waals surface area contributed by atoms with Gasteiger partial charge < -0.3 is 15.2 Å². The van der Waals surface area contributed by atoms with Gasteiger partial charge in [-0.05, 0) is 32.7 Å². The number of aromatic nitrogens is 2. The van der Waals surface area contributed by atoms with Gasteiger partial charge in [-0.3, -0.25) is 4.79 Å². The normalized spacial score (nSPS) is 20.0. The molecule has 0 spiro atoms. The van der Waals surface area contributed by atoms with Gasteiger partial charge in [0.1, 0.15) is 11.6 Å². The van der Waals surface area contributed by atoms with Gasteiger partial charge in [-0.25, -0.2) is 4.98 Å². The molecule has 1 atom stereocenters. The van der Waals surface area contributed by atoms with Gasteiger partial charge in [0.25, 0.3) is 5.56 Å². The summed E-state index contributed by atoms with van der Waals surface area (Å²) in [5.74, 6) is 1.43. The number of rotatable bonds is 6. The number of nitrogens with zero attached hydrogens (tertiary/aromatic N) is 2. The first-order valence-electron chi connectivity index (χ1n) is 7.77. The highest BCUT2D eigenvalue weighted by molar-refractivity contribution is 5.32. The van der Waals surface area contributed by atoms with Crippen LogP contribution in [0, 0.1) is 0 Å². The van der Waals surface area contributed by atoms with Gasteiger partial charge in [-0.1, -0.05) is 13.3 Å². The molecule has 0 saturated carbocycles. The quantitative estimate of drug-likeness (QED) is 0.781. The predicted octanol–water partition coefficient (Wildman–Crippen LogP) is 2.01. The number of aromatic amines is 1. The summed E-state index contributed by atoms with van der Waals surface area (Å²) in [4.78, 5) is 21.1. The zero-order chi connectivity index (χ0) is 14.4. The number of H-pyrrole nitrogens is 1. The SMILES string of the molecule is CCc1nc(NCCCN2CCCCC2C)cc(=O)[nH]1. The number of aryl methyl sites for hydroxylation is 1. The van der Waals surface area contributed by atoms with Crippen molar-refractivity contribution in [1.82, 2.24) is 14.9 Å². The lowest BCUT2D eigenvalue weighted by molar-refractivity contribution is 0.160. The second-order valence-corrected chi connectivity index (χ2v) is 5.59. The molecule has 5 heteroatoms. The van der Waals surface area contributed by atoms with Crippen molar-refractivity contribution in [1.29, 1.82) is 0 Å². The smallest absolute Gasteiger partial charge is 0.252 e. The van der Waals surface area contributed by atoms with Crippen molar-refractivity contribution >= 4 is 5.82 Å². The zero-order valence-electron chi connectivity index (χ0n) is 12.6. The molecule has 0 aromatic carbocycles. The summed E-state index contributed by atoms with van der Waals surface area (Å²) >= 11 is 0. The maximum absolute atomic E-state index is 11.4. The standard InChI is InChI=1S/C15H26N4O/c1-3-13-17-14(11-15(20)18-13)16-8-6-10-19-9-5-4-7-12(19)2/h11-12H,3-10H2,1-2H3,(H2,16,17,18,20). The monoisotopic (exact) mass is 278 g/mol. The third-order valence-corrected chi connectivity index (χ3v) is 3.99. The van der Waals surface area contributed by atoms with E-state index in [0.717, 1.165) is 31.8 Å². The summed E-state index contributed by atoms with van der Waals surface area (Å²) in [7, 11) is 0. The van der Waals surface area contributed by atoms with E-state index in [0.29, 0.717) is 11.9 Å². The number of piperidine rings is 1. The molecular weight excluding hydrogens is 252 g/mol. The Labute approximate surface area is 120 Å². The molecule has 0 amide bonds. The van der Waals surface area contributed by atoms with Gasteiger partial charge in [-0.2, -0.15) is 0 Å². The highest BCUT2D eigenvalue weighted by atomic mass is 16.1. The van der Waals surface area contributed by atoms with Crippen molar-refractivity contribution in [2.75, 3.05) is 25.0 Å². The third-order valence-electron chi connectivity index (χ3n) is 3.99. The third kappa shape index (κ3) is 4.34. The molecule has 1 fully saturated rings. The first-order chi connectivity index (χ1) is 9.69. The number of likely N-dealkylation sites (tertiary alicyclic amines) is 1. The Morgan fingerprint density at radius 2 is 2.35 bits per heavy atom. The van der Waals surface area contributed by atoms with Crippen molar-refractivity contribution in [3.05, 3.63) is 22.2 Å².